The molecule has 0 aromatic heterocycles. The summed E-state index contributed by atoms with van der Waals surface area (Å²) in [7, 11) is 0.131. The number of carbonyl (C=O) groups excluding carboxylic acids is 3. The zero-order valence-corrected chi connectivity index (χ0v) is 14.2. The van der Waals surface area contributed by atoms with Gasteiger partial charge in [-0.3, -0.25) is 9.99 Å². The first-order chi connectivity index (χ1) is 7.51. The predicted octanol–water partition coefficient (Wildman–Crippen LogP) is -3.09. The van der Waals surface area contributed by atoms with Crippen molar-refractivity contribution in [2.75, 3.05) is 13.2 Å². The maximum absolute atomic E-state index is 11.8. The molecular formula is C8H14KN4O3P. The average molecular weight is 284 g/mol. The maximum atomic E-state index is 11.8. The van der Waals surface area contributed by atoms with Crippen molar-refractivity contribution in [1.29, 1.82) is 0 Å². The fourth-order valence-corrected chi connectivity index (χ4v) is 2.04. The molecule has 0 aromatic rings. The number of hydrogen-bond donors (Lipinski definition) is 2. The quantitative estimate of drug-likeness (QED) is 0.327. The van der Waals surface area contributed by atoms with Gasteiger partial charge in [0.2, 0.25) is 0 Å². The Labute approximate surface area is 144 Å². The van der Waals surface area contributed by atoms with Crippen LogP contribution in [0.5, 0.6) is 0 Å². The summed E-state index contributed by atoms with van der Waals surface area (Å²) in [6.45, 7) is 6.92. The molecule has 90 valence electrons. The van der Waals surface area contributed by atoms with E-state index in [0.29, 0.717) is 0 Å². The van der Waals surface area contributed by atoms with E-state index in [1.807, 2.05) is 0 Å². The van der Waals surface area contributed by atoms with Crippen molar-refractivity contribution in [3.05, 3.63) is 6.92 Å². The van der Waals surface area contributed by atoms with Gasteiger partial charge < -0.3 is 17.0 Å². The molecule has 2 atom stereocenters. The zero-order valence-electron chi connectivity index (χ0n) is 10.1. The summed E-state index contributed by atoms with van der Waals surface area (Å²) in [4.78, 5) is 35.2. The Morgan fingerprint density at radius 3 is 2.59 bits per heavy atom. The second-order valence-corrected chi connectivity index (χ2v) is 3.97. The van der Waals surface area contributed by atoms with Crippen LogP contribution in [-0.4, -0.2) is 47.0 Å². The van der Waals surface area contributed by atoms with Crippen LogP contribution < -0.4 is 62.0 Å². The van der Waals surface area contributed by atoms with E-state index in [9.17, 15) is 14.4 Å². The van der Waals surface area contributed by atoms with Gasteiger partial charge in [-0.2, -0.15) is 0 Å². The second kappa shape index (κ2) is 7.55. The smallest absolute Gasteiger partial charge is 0.344 e. The third-order valence-electron chi connectivity index (χ3n) is 2.06. The number of nitrogens with one attached hydrogen (secondary N) is 2. The fourth-order valence-electron chi connectivity index (χ4n) is 1.34. The molecule has 1 fully saturated rings. The molecule has 2 unspecified atom stereocenters. The third-order valence-corrected chi connectivity index (χ3v) is 2.99. The van der Waals surface area contributed by atoms with Gasteiger partial charge in [-0.25, -0.2) is 14.5 Å². The second-order valence-electron chi connectivity index (χ2n) is 3.04. The Morgan fingerprint density at radius 1 is 1.59 bits per heavy atom. The third kappa shape index (κ3) is 4.08. The first-order valence-electron chi connectivity index (χ1n) is 4.72. The van der Waals surface area contributed by atoms with Crippen molar-refractivity contribution in [2.45, 2.75) is 13.2 Å². The molecule has 2 N–H and O–H groups in total. The number of nitrogens with zero attached hydrogens (tertiary/aromatic N) is 2. The Bertz CT molecular complexity index is 328. The molecule has 9 heteroatoms. The van der Waals surface area contributed by atoms with E-state index in [2.05, 4.69) is 17.6 Å². The predicted molar refractivity (Wildman–Crippen MR) is 59.7 cm³/mol. The van der Waals surface area contributed by atoms with Crippen molar-refractivity contribution in [2.24, 2.45) is 0 Å². The molecule has 1 aliphatic heterocycles. The summed E-state index contributed by atoms with van der Waals surface area (Å²) in [6.07, 6.45) is -0.809. The van der Waals surface area contributed by atoms with Gasteiger partial charge in [0.1, 0.15) is 0 Å². The van der Waals surface area contributed by atoms with E-state index in [-0.39, 0.29) is 66.7 Å². The molecule has 5 amide bonds. The van der Waals surface area contributed by atoms with E-state index >= 15 is 0 Å². The first-order valence-corrected chi connectivity index (χ1v) is 6.17. The van der Waals surface area contributed by atoms with Crippen LogP contribution in [0.4, 0.5) is 9.59 Å². The Balaban J connectivity index is 0.00000256. The number of urea groups is 2. The van der Waals surface area contributed by atoms with Crippen LogP contribution in [0.15, 0.2) is 0 Å². The molecule has 1 rings (SSSR count). The number of amides is 5. The summed E-state index contributed by atoms with van der Waals surface area (Å²) in [5.41, 5.74) is 0. The van der Waals surface area contributed by atoms with Crippen LogP contribution >= 0.6 is 8.73 Å². The molecule has 0 spiro atoms. The van der Waals surface area contributed by atoms with Crippen LogP contribution in [-0.2, 0) is 4.79 Å². The minimum atomic E-state index is -0.809. The first kappa shape index (κ1) is 17.1. The van der Waals surface area contributed by atoms with Gasteiger partial charge in [-0.1, -0.05) is 0 Å². The van der Waals surface area contributed by atoms with Crippen LogP contribution in [0.25, 0.3) is 0 Å². The van der Waals surface area contributed by atoms with Crippen molar-refractivity contribution >= 4 is 26.7 Å². The molecule has 0 aromatic carbocycles. The van der Waals surface area contributed by atoms with Gasteiger partial charge in [0.05, 0.1) is 5.91 Å². The van der Waals surface area contributed by atoms with Gasteiger partial charge >= 0.3 is 63.4 Å². The number of carbonyl (C=O) groups is 3. The molecule has 1 saturated heterocycles. The average Bonchev–Trinajstić information content (AvgIpc) is 2.17. The summed E-state index contributed by atoms with van der Waals surface area (Å²) >= 11 is 0. The fraction of sp³-hybridized carbons (Fsp3) is 0.500. The monoisotopic (exact) mass is 284 g/mol. The van der Waals surface area contributed by atoms with E-state index in [0.717, 1.165) is 4.90 Å². The maximum Gasteiger partial charge on any atom is 1.00 e. The number of hydrogen-bond acceptors (Lipinski definition) is 3. The van der Waals surface area contributed by atoms with Gasteiger partial charge in [-0.05, 0) is 22.3 Å². The Hall–Kier alpha value is 0.146. The molecule has 0 saturated carbocycles. The standard InChI is InChI=1S/C8H14N4O3P.K/c1-4-11-7(14)10-6(9-5(2)13)12(16-3)8(11)15;/h6,16H,2,4H2,1,3H3,(H,9,13)(H,10,14);/q-1;+1. The van der Waals surface area contributed by atoms with E-state index in [1.165, 1.54) is 4.67 Å². The van der Waals surface area contributed by atoms with Gasteiger partial charge in [0.25, 0.3) is 0 Å². The van der Waals surface area contributed by atoms with Crippen molar-refractivity contribution in [1.82, 2.24) is 20.2 Å². The summed E-state index contributed by atoms with van der Waals surface area (Å²) in [5, 5.41) is 4.90. The topological polar surface area (TPSA) is 81.8 Å². The summed E-state index contributed by atoms with van der Waals surface area (Å²) in [5.74, 6) is -0.550. The van der Waals surface area contributed by atoms with Gasteiger partial charge in [-0.15, -0.1) is 0 Å². The SMILES string of the molecule is [CH2-]C(=O)NC1NC(=O)N(CC)C(=O)N1PC.[K+]. The van der Waals surface area contributed by atoms with Crippen LogP contribution in [0.1, 0.15) is 6.92 Å². The van der Waals surface area contributed by atoms with Crippen LogP contribution in [0.3, 0.4) is 0 Å². The van der Waals surface area contributed by atoms with Crippen molar-refractivity contribution < 1.29 is 65.8 Å². The normalized spacial score (nSPS) is 20.2. The minimum Gasteiger partial charge on any atom is -0.344 e. The largest absolute Gasteiger partial charge is 1.00 e. The molecular weight excluding hydrogens is 270 g/mol. The van der Waals surface area contributed by atoms with Crippen LogP contribution in [0.2, 0.25) is 0 Å². The zero-order chi connectivity index (χ0) is 12.3. The summed E-state index contributed by atoms with van der Waals surface area (Å²) < 4.78 is 1.37. The van der Waals surface area contributed by atoms with Crippen molar-refractivity contribution in [3.8, 4) is 0 Å². The van der Waals surface area contributed by atoms with Crippen LogP contribution in [0, 0.1) is 6.92 Å². The Kier molecular flexibility index (Phi) is 7.62. The van der Waals surface area contributed by atoms with E-state index in [1.54, 1.807) is 13.6 Å². The Morgan fingerprint density at radius 2 is 2.18 bits per heavy atom. The molecule has 1 heterocycles. The molecule has 17 heavy (non-hydrogen) atoms. The molecule has 1 aliphatic rings. The number of rotatable bonds is 3. The molecule has 7 nitrogen and oxygen atoms in total. The van der Waals surface area contributed by atoms with E-state index < -0.39 is 24.3 Å². The molecule has 0 bridgehead atoms. The molecule has 0 radical (unpaired) electrons. The minimum absolute atomic E-state index is 0. The molecule has 0 aliphatic carbocycles. The van der Waals surface area contributed by atoms with Crippen molar-refractivity contribution in [3.63, 3.8) is 0 Å². The van der Waals surface area contributed by atoms with Gasteiger partial charge in [0, 0.05) is 6.54 Å². The van der Waals surface area contributed by atoms with Gasteiger partial charge in [0.15, 0.2) is 6.29 Å². The summed E-state index contributed by atoms with van der Waals surface area (Å²) in [6, 6.07) is -0.924. The van der Waals surface area contributed by atoms with E-state index in [4.69, 9.17) is 0 Å². The number of imide groups is 1.